The molecule has 32 heavy (non-hydrogen) atoms. The zero-order valence-corrected chi connectivity index (χ0v) is 16.6. The average Bonchev–Trinajstić information content (AvgIpc) is 2.80. The number of aromatic nitrogens is 2. The number of alkyl halides is 3. The highest BCUT2D eigenvalue weighted by Gasteiger charge is 2.33. The van der Waals surface area contributed by atoms with Crippen molar-refractivity contribution in [2.24, 2.45) is 5.10 Å². The quantitative estimate of drug-likeness (QED) is 0.299. The van der Waals surface area contributed by atoms with Crippen LogP contribution in [-0.2, 0) is 6.18 Å². The Labute approximate surface area is 181 Å². The van der Waals surface area contributed by atoms with Gasteiger partial charge in [-0.1, -0.05) is 48.5 Å². The topological polar surface area (TPSA) is 70.4 Å². The summed E-state index contributed by atoms with van der Waals surface area (Å²) in [4.78, 5) is 8.68. The highest BCUT2D eigenvalue weighted by Crippen LogP contribution is 2.37. The number of hydrogen-bond donors (Lipinski definition) is 2. The van der Waals surface area contributed by atoms with Crippen molar-refractivity contribution in [1.82, 2.24) is 9.97 Å². The summed E-state index contributed by atoms with van der Waals surface area (Å²) < 4.78 is 40.7. The van der Waals surface area contributed by atoms with Gasteiger partial charge in [-0.15, -0.1) is 0 Å². The van der Waals surface area contributed by atoms with Gasteiger partial charge in [-0.2, -0.15) is 18.3 Å². The molecule has 0 atom stereocenters. The van der Waals surface area contributed by atoms with Crippen LogP contribution in [0.5, 0.6) is 5.75 Å². The lowest BCUT2D eigenvalue weighted by atomic mass is 10.0. The standard InChI is InChI=1S/C24H17F3N4O/c25-24(26,27)20-9-5-4-8-19(20)22-14-21(17-6-2-1-3-7-17)29-23(30-22)31-28-15-16-10-12-18(32)13-11-16/h1-15,32H,(H,29,30,31). The Kier molecular flexibility index (Phi) is 5.85. The van der Waals surface area contributed by atoms with Crippen LogP contribution >= 0.6 is 0 Å². The van der Waals surface area contributed by atoms with Crippen LogP contribution in [0.2, 0.25) is 0 Å². The maximum absolute atomic E-state index is 13.6. The molecule has 5 nitrogen and oxygen atoms in total. The van der Waals surface area contributed by atoms with Crippen molar-refractivity contribution < 1.29 is 18.3 Å². The fourth-order valence-electron chi connectivity index (χ4n) is 3.07. The van der Waals surface area contributed by atoms with Crippen LogP contribution in [0.4, 0.5) is 19.1 Å². The van der Waals surface area contributed by atoms with Gasteiger partial charge in [-0.05, 0) is 42.0 Å². The smallest absolute Gasteiger partial charge is 0.417 e. The first-order valence-electron chi connectivity index (χ1n) is 9.59. The summed E-state index contributed by atoms with van der Waals surface area (Å²) in [5.74, 6) is 0.176. The van der Waals surface area contributed by atoms with E-state index in [2.05, 4.69) is 20.5 Å². The minimum absolute atomic E-state index is 0.0494. The number of hydrogen-bond acceptors (Lipinski definition) is 5. The van der Waals surface area contributed by atoms with Gasteiger partial charge >= 0.3 is 6.18 Å². The third-order valence-electron chi connectivity index (χ3n) is 4.58. The monoisotopic (exact) mass is 434 g/mol. The fraction of sp³-hybridized carbons (Fsp3) is 0.0417. The molecule has 0 aliphatic heterocycles. The van der Waals surface area contributed by atoms with E-state index in [4.69, 9.17) is 0 Å². The van der Waals surface area contributed by atoms with E-state index in [9.17, 15) is 18.3 Å². The largest absolute Gasteiger partial charge is 0.508 e. The molecule has 0 amide bonds. The molecule has 8 heteroatoms. The molecule has 3 aromatic carbocycles. The number of nitrogens with one attached hydrogen (secondary N) is 1. The summed E-state index contributed by atoms with van der Waals surface area (Å²) in [5.41, 5.74) is 3.86. The second kappa shape index (κ2) is 8.89. The van der Waals surface area contributed by atoms with Crippen molar-refractivity contribution in [2.45, 2.75) is 6.18 Å². The highest BCUT2D eigenvalue weighted by molar-refractivity contribution is 5.80. The van der Waals surface area contributed by atoms with E-state index in [-0.39, 0.29) is 23.0 Å². The summed E-state index contributed by atoms with van der Waals surface area (Å²) in [6.45, 7) is 0. The van der Waals surface area contributed by atoms with Crippen LogP contribution in [0.15, 0.2) is 90.0 Å². The first-order chi connectivity index (χ1) is 15.4. The third kappa shape index (κ3) is 4.92. The van der Waals surface area contributed by atoms with E-state index in [0.29, 0.717) is 11.3 Å². The summed E-state index contributed by atoms with van der Waals surface area (Å²) in [6, 6.07) is 22.2. The molecule has 0 saturated heterocycles. The number of rotatable bonds is 5. The Bertz CT molecular complexity index is 1240. The number of hydrazone groups is 1. The normalized spacial score (nSPS) is 11.6. The van der Waals surface area contributed by atoms with E-state index in [1.54, 1.807) is 12.1 Å². The van der Waals surface area contributed by atoms with Crippen molar-refractivity contribution in [1.29, 1.82) is 0 Å². The first kappa shape index (κ1) is 21.0. The SMILES string of the molecule is Oc1ccc(C=NNc2nc(-c3ccccc3)cc(-c3ccccc3C(F)(F)F)n2)cc1. The Morgan fingerprint density at radius 3 is 2.19 bits per heavy atom. The number of nitrogens with zero attached hydrogens (tertiary/aromatic N) is 3. The number of anilines is 1. The summed E-state index contributed by atoms with van der Waals surface area (Å²) >= 11 is 0. The third-order valence-corrected chi connectivity index (χ3v) is 4.58. The van der Waals surface area contributed by atoms with E-state index in [1.807, 2.05) is 30.3 Å². The molecule has 0 aliphatic rings. The lowest BCUT2D eigenvalue weighted by molar-refractivity contribution is -0.137. The number of benzene rings is 3. The van der Waals surface area contributed by atoms with Crippen LogP contribution < -0.4 is 5.43 Å². The van der Waals surface area contributed by atoms with Crippen molar-refractivity contribution in [3.8, 4) is 28.3 Å². The Morgan fingerprint density at radius 1 is 0.812 bits per heavy atom. The molecule has 0 bridgehead atoms. The zero-order chi connectivity index (χ0) is 22.6. The van der Waals surface area contributed by atoms with Gasteiger partial charge in [0.2, 0.25) is 5.95 Å². The van der Waals surface area contributed by atoms with Gasteiger partial charge < -0.3 is 5.11 Å². The molecule has 160 valence electrons. The Balaban J connectivity index is 1.75. The fourth-order valence-corrected chi connectivity index (χ4v) is 3.07. The lowest BCUT2D eigenvalue weighted by Gasteiger charge is -2.14. The number of halogens is 3. The van der Waals surface area contributed by atoms with Crippen LogP contribution in [0, 0.1) is 0 Å². The second-order valence-corrected chi connectivity index (χ2v) is 6.83. The van der Waals surface area contributed by atoms with Gasteiger partial charge in [-0.25, -0.2) is 15.4 Å². The second-order valence-electron chi connectivity index (χ2n) is 6.83. The van der Waals surface area contributed by atoms with Crippen LogP contribution in [0.1, 0.15) is 11.1 Å². The van der Waals surface area contributed by atoms with Crippen LogP contribution in [0.3, 0.4) is 0 Å². The zero-order valence-electron chi connectivity index (χ0n) is 16.6. The van der Waals surface area contributed by atoms with Gasteiger partial charge in [0.05, 0.1) is 23.2 Å². The van der Waals surface area contributed by atoms with Crippen molar-refractivity contribution in [2.75, 3.05) is 5.43 Å². The van der Waals surface area contributed by atoms with Gasteiger partial charge in [0.25, 0.3) is 0 Å². The molecule has 0 unspecified atom stereocenters. The lowest BCUT2D eigenvalue weighted by Crippen LogP contribution is -2.08. The van der Waals surface area contributed by atoms with E-state index in [1.165, 1.54) is 42.6 Å². The van der Waals surface area contributed by atoms with Crippen molar-refractivity contribution in [3.63, 3.8) is 0 Å². The van der Waals surface area contributed by atoms with Crippen molar-refractivity contribution in [3.05, 3.63) is 96.1 Å². The molecule has 1 heterocycles. The van der Waals surface area contributed by atoms with E-state index < -0.39 is 11.7 Å². The maximum atomic E-state index is 13.6. The van der Waals surface area contributed by atoms with E-state index in [0.717, 1.165) is 11.6 Å². The van der Waals surface area contributed by atoms with Gasteiger partial charge in [-0.3, -0.25) is 0 Å². The number of aromatic hydroxyl groups is 1. The molecular weight excluding hydrogens is 417 g/mol. The molecule has 0 radical (unpaired) electrons. The minimum atomic E-state index is -4.53. The van der Waals surface area contributed by atoms with Crippen LogP contribution in [-0.4, -0.2) is 21.3 Å². The highest BCUT2D eigenvalue weighted by atomic mass is 19.4. The van der Waals surface area contributed by atoms with E-state index >= 15 is 0 Å². The molecular formula is C24H17F3N4O. The molecule has 0 aliphatic carbocycles. The molecule has 0 fully saturated rings. The molecule has 2 N–H and O–H groups in total. The maximum Gasteiger partial charge on any atom is 0.417 e. The van der Waals surface area contributed by atoms with Gasteiger partial charge in [0.1, 0.15) is 5.75 Å². The van der Waals surface area contributed by atoms with Crippen molar-refractivity contribution >= 4 is 12.2 Å². The molecule has 4 rings (SSSR count). The summed E-state index contributed by atoms with van der Waals surface area (Å²) in [6.07, 6.45) is -3.04. The number of phenols is 1. The molecule has 4 aromatic rings. The molecule has 0 saturated carbocycles. The Hall–Kier alpha value is -4.20. The van der Waals surface area contributed by atoms with Crippen LogP contribution in [0.25, 0.3) is 22.5 Å². The predicted molar refractivity (Wildman–Crippen MR) is 117 cm³/mol. The average molecular weight is 434 g/mol. The number of phenolic OH excluding ortho intramolecular Hbond substituents is 1. The molecule has 0 spiro atoms. The minimum Gasteiger partial charge on any atom is -0.508 e. The predicted octanol–water partition coefficient (Wildman–Crippen LogP) is 5.98. The molecule has 1 aromatic heterocycles. The van der Waals surface area contributed by atoms with Gasteiger partial charge in [0, 0.05) is 11.1 Å². The first-order valence-corrected chi connectivity index (χ1v) is 9.59. The summed E-state index contributed by atoms with van der Waals surface area (Å²) in [5, 5.41) is 13.4. The van der Waals surface area contributed by atoms with Gasteiger partial charge in [0.15, 0.2) is 0 Å². The summed E-state index contributed by atoms with van der Waals surface area (Å²) in [7, 11) is 0. The Morgan fingerprint density at radius 2 is 1.47 bits per heavy atom.